The Morgan fingerprint density at radius 1 is 1.50 bits per heavy atom. The molecule has 6 heteroatoms. The zero-order valence-electron chi connectivity index (χ0n) is 6.32. The van der Waals surface area contributed by atoms with Crippen molar-refractivity contribution in [3.63, 3.8) is 0 Å². The van der Waals surface area contributed by atoms with Gasteiger partial charge in [0.15, 0.2) is 6.61 Å². The lowest BCUT2D eigenvalue weighted by Gasteiger charge is -2.12. The maximum Gasteiger partial charge on any atom is 0.422 e. The highest BCUT2D eigenvalue weighted by atomic mass is 19.4. The minimum absolute atomic E-state index is 0.678. The second kappa shape index (κ2) is 4.18. The van der Waals surface area contributed by atoms with Gasteiger partial charge in [-0.15, -0.1) is 0 Å². The molecule has 72 valence electrons. The summed E-state index contributed by atoms with van der Waals surface area (Å²) >= 11 is 0. The van der Waals surface area contributed by atoms with E-state index in [4.69, 9.17) is 0 Å². The van der Waals surface area contributed by atoms with Crippen molar-refractivity contribution in [3.8, 4) is 0 Å². The van der Waals surface area contributed by atoms with Crippen molar-refractivity contribution < 1.29 is 27.0 Å². The van der Waals surface area contributed by atoms with Gasteiger partial charge in [0.2, 0.25) is 6.36 Å². The van der Waals surface area contributed by atoms with E-state index in [1.54, 1.807) is 0 Å². The van der Waals surface area contributed by atoms with Crippen LogP contribution in [0.15, 0.2) is 12.5 Å². The van der Waals surface area contributed by atoms with Gasteiger partial charge in [-0.05, 0) is 6.58 Å². The SMILES string of the molecule is C=C(OCC(F)(F)F)OC(C)F. The molecule has 0 aliphatic carbocycles. The molecule has 0 aliphatic heterocycles. The van der Waals surface area contributed by atoms with Crippen LogP contribution in [-0.2, 0) is 9.47 Å². The van der Waals surface area contributed by atoms with E-state index in [0.29, 0.717) is 0 Å². The maximum absolute atomic E-state index is 11.9. The molecule has 0 aromatic carbocycles. The van der Waals surface area contributed by atoms with Crippen molar-refractivity contribution in [2.45, 2.75) is 19.5 Å². The van der Waals surface area contributed by atoms with E-state index in [2.05, 4.69) is 16.1 Å². The van der Waals surface area contributed by atoms with E-state index in [0.717, 1.165) is 6.92 Å². The molecular weight excluding hydrogens is 180 g/mol. The number of ether oxygens (including phenoxy) is 2. The average Bonchev–Trinajstić information content (AvgIpc) is 1.80. The summed E-state index contributed by atoms with van der Waals surface area (Å²) < 4.78 is 54.2. The Kier molecular flexibility index (Phi) is 3.85. The van der Waals surface area contributed by atoms with Crippen molar-refractivity contribution in [2.24, 2.45) is 0 Å². The Bertz CT molecular complexity index is 152. The van der Waals surface area contributed by atoms with Crippen LogP contribution in [0, 0.1) is 0 Å². The first-order chi connectivity index (χ1) is 5.31. The number of alkyl halides is 4. The average molecular weight is 188 g/mol. The predicted molar refractivity (Wildman–Crippen MR) is 32.8 cm³/mol. The summed E-state index contributed by atoms with van der Waals surface area (Å²) in [6.45, 7) is 2.39. The molecule has 1 atom stereocenters. The molecule has 0 rings (SSSR count). The summed E-state index contributed by atoms with van der Waals surface area (Å²) in [4.78, 5) is 0. The third-order valence-electron chi connectivity index (χ3n) is 0.691. The van der Waals surface area contributed by atoms with Gasteiger partial charge in [0.1, 0.15) is 0 Å². The first kappa shape index (κ1) is 11.1. The normalized spacial score (nSPS) is 13.8. The second-order valence-corrected chi connectivity index (χ2v) is 1.94. The zero-order valence-corrected chi connectivity index (χ0v) is 6.32. The predicted octanol–water partition coefficient (Wildman–Crippen LogP) is 2.37. The second-order valence-electron chi connectivity index (χ2n) is 1.94. The Hall–Kier alpha value is -0.940. The molecule has 0 saturated heterocycles. The summed E-state index contributed by atoms with van der Waals surface area (Å²) in [6.07, 6.45) is -6.20. The molecule has 0 aromatic heterocycles. The molecule has 12 heavy (non-hydrogen) atoms. The minimum Gasteiger partial charge on any atom is -0.456 e. The van der Waals surface area contributed by atoms with Crippen LogP contribution in [0.4, 0.5) is 17.6 Å². The lowest BCUT2D eigenvalue weighted by molar-refractivity contribution is -0.183. The standard InChI is InChI=1S/C6H8F4O2/c1-4(7)12-5(2)11-3-6(8,9)10/h4H,2-3H2,1H3. The third-order valence-corrected chi connectivity index (χ3v) is 0.691. The summed E-state index contributed by atoms with van der Waals surface area (Å²) in [7, 11) is 0. The lowest BCUT2D eigenvalue weighted by atomic mass is 10.7. The van der Waals surface area contributed by atoms with Gasteiger partial charge in [0.25, 0.3) is 5.95 Å². The molecule has 0 heterocycles. The van der Waals surface area contributed by atoms with Gasteiger partial charge in [-0.25, -0.2) is 4.39 Å². The van der Waals surface area contributed by atoms with Gasteiger partial charge >= 0.3 is 6.18 Å². The van der Waals surface area contributed by atoms with Crippen LogP contribution in [0.3, 0.4) is 0 Å². The van der Waals surface area contributed by atoms with E-state index in [1.165, 1.54) is 0 Å². The minimum atomic E-state index is -4.47. The first-order valence-corrected chi connectivity index (χ1v) is 3.00. The summed E-state index contributed by atoms with van der Waals surface area (Å²) in [6, 6.07) is 0. The monoisotopic (exact) mass is 188 g/mol. The van der Waals surface area contributed by atoms with Crippen LogP contribution in [0.25, 0.3) is 0 Å². The smallest absolute Gasteiger partial charge is 0.422 e. The van der Waals surface area contributed by atoms with Crippen molar-refractivity contribution in [3.05, 3.63) is 12.5 Å². The van der Waals surface area contributed by atoms with E-state index in [-0.39, 0.29) is 0 Å². The van der Waals surface area contributed by atoms with Gasteiger partial charge in [-0.1, -0.05) is 0 Å². The maximum atomic E-state index is 11.9. The molecule has 0 bridgehead atoms. The first-order valence-electron chi connectivity index (χ1n) is 3.00. The van der Waals surface area contributed by atoms with E-state index in [1.807, 2.05) is 0 Å². The molecule has 2 nitrogen and oxygen atoms in total. The number of halogens is 4. The molecule has 1 unspecified atom stereocenters. The summed E-state index contributed by atoms with van der Waals surface area (Å²) in [5, 5.41) is 0. The largest absolute Gasteiger partial charge is 0.456 e. The fraction of sp³-hybridized carbons (Fsp3) is 0.667. The van der Waals surface area contributed by atoms with Crippen LogP contribution in [0.1, 0.15) is 6.92 Å². The summed E-state index contributed by atoms with van der Waals surface area (Å²) in [5.41, 5.74) is 0. The van der Waals surface area contributed by atoms with Crippen LogP contribution in [-0.4, -0.2) is 19.1 Å². The topological polar surface area (TPSA) is 18.5 Å². The highest BCUT2D eigenvalue weighted by molar-refractivity contribution is 4.69. The highest BCUT2D eigenvalue weighted by Crippen LogP contribution is 2.16. The van der Waals surface area contributed by atoms with Gasteiger partial charge in [0, 0.05) is 6.92 Å². The quantitative estimate of drug-likeness (QED) is 0.498. The molecule has 0 N–H and O–H groups in total. The van der Waals surface area contributed by atoms with Crippen molar-refractivity contribution in [1.29, 1.82) is 0 Å². The Labute approximate surface area is 66.8 Å². The van der Waals surface area contributed by atoms with Crippen LogP contribution in [0.5, 0.6) is 0 Å². The lowest BCUT2D eigenvalue weighted by Crippen LogP contribution is -2.17. The van der Waals surface area contributed by atoms with Crippen LogP contribution in [0.2, 0.25) is 0 Å². The third kappa shape index (κ3) is 7.17. The van der Waals surface area contributed by atoms with Gasteiger partial charge in [-0.3, -0.25) is 0 Å². The van der Waals surface area contributed by atoms with E-state index >= 15 is 0 Å². The van der Waals surface area contributed by atoms with E-state index < -0.39 is 25.1 Å². The van der Waals surface area contributed by atoms with Crippen molar-refractivity contribution in [1.82, 2.24) is 0 Å². The van der Waals surface area contributed by atoms with Gasteiger partial charge in [-0.2, -0.15) is 13.2 Å². The number of rotatable bonds is 4. The summed E-state index contributed by atoms with van der Waals surface area (Å²) in [5.74, 6) is -0.678. The van der Waals surface area contributed by atoms with Crippen molar-refractivity contribution in [2.75, 3.05) is 6.61 Å². The molecule has 0 aliphatic rings. The molecule has 0 radical (unpaired) electrons. The van der Waals surface area contributed by atoms with Crippen LogP contribution < -0.4 is 0 Å². The van der Waals surface area contributed by atoms with Crippen molar-refractivity contribution >= 4 is 0 Å². The molecule has 0 amide bonds. The van der Waals surface area contributed by atoms with Gasteiger partial charge in [0.05, 0.1) is 0 Å². The zero-order chi connectivity index (χ0) is 9.78. The Morgan fingerprint density at radius 2 is 2.00 bits per heavy atom. The Balaban J connectivity index is 3.58. The molecule has 0 aromatic rings. The molecule has 0 saturated carbocycles. The fourth-order valence-corrected chi connectivity index (χ4v) is 0.377. The number of hydrogen-bond donors (Lipinski definition) is 0. The number of hydrogen-bond acceptors (Lipinski definition) is 2. The molecule has 0 spiro atoms. The van der Waals surface area contributed by atoms with Crippen LogP contribution >= 0.6 is 0 Å². The molecule has 0 fully saturated rings. The Morgan fingerprint density at radius 3 is 2.33 bits per heavy atom. The van der Waals surface area contributed by atoms with E-state index in [9.17, 15) is 17.6 Å². The molecular formula is C6H8F4O2. The van der Waals surface area contributed by atoms with Gasteiger partial charge < -0.3 is 9.47 Å². The fourth-order valence-electron chi connectivity index (χ4n) is 0.377. The highest BCUT2D eigenvalue weighted by Gasteiger charge is 2.28.